The zero-order chi connectivity index (χ0) is 17.8. The van der Waals surface area contributed by atoms with Gasteiger partial charge in [-0.3, -0.25) is 4.79 Å². The first-order valence-corrected chi connectivity index (χ1v) is 7.86. The van der Waals surface area contributed by atoms with E-state index < -0.39 is 5.97 Å². The van der Waals surface area contributed by atoms with Crippen LogP contribution >= 0.6 is 0 Å². The Bertz CT molecular complexity index is 930. The van der Waals surface area contributed by atoms with E-state index in [0.29, 0.717) is 22.5 Å². The van der Waals surface area contributed by atoms with E-state index in [1.807, 2.05) is 19.1 Å². The molecule has 4 heteroatoms. The van der Waals surface area contributed by atoms with Crippen LogP contribution in [0.25, 0.3) is 0 Å². The van der Waals surface area contributed by atoms with Crippen molar-refractivity contribution in [2.45, 2.75) is 6.92 Å². The van der Waals surface area contributed by atoms with Gasteiger partial charge in [0.05, 0.1) is 11.3 Å². The molecule has 0 aliphatic rings. The molecule has 3 aromatic carbocycles. The third-order valence-corrected chi connectivity index (χ3v) is 3.91. The number of carboxylic acid groups (broad SMARTS) is 1. The molecule has 0 bridgehead atoms. The Balaban J connectivity index is 1.98. The van der Waals surface area contributed by atoms with Crippen LogP contribution < -0.4 is 5.32 Å². The summed E-state index contributed by atoms with van der Waals surface area (Å²) in [5.41, 5.74) is 3.33. The molecule has 124 valence electrons. The molecule has 0 saturated carbocycles. The number of carbonyl (C=O) groups is 2. The fourth-order valence-electron chi connectivity index (χ4n) is 2.57. The average Bonchev–Trinajstić information content (AvgIpc) is 2.62. The fraction of sp³-hybridized carbons (Fsp3) is 0.0476. The van der Waals surface area contributed by atoms with E-state index in [0.717, 1.165) is 5.56 Å². The van der Waals surface area contributed by atoms with E-state index in [-0.39, 0.29) is 11.3 Å². The highest BCUT2D eigenvalue weighted by molar-refractivity contribution is 6.12. The van der Waals surface area contributed by atoms with Crippen molar-refractivity contribution in [1.82, 2.24) is 0 Å². The number of ketones is 1. The van der Waals surface area contributed by atoms with Crippen molar-refractivity contribution in [3.05, 3.63) is 95.1 Å². The van der Waals surface area contributed by atoms with Crippen LogP contribution in [0.2, 0.25) is 0 Å². The van der Waals surface area contributed by atoms with Crippen LogP contribution in [0.3, 0.4) is 0 Å². The summed E-state index contributed by atoms with van der Waals surface area (Å²) >= 11 is 0. The quantitative estimate of drug-likeness (QED) is 0.667. The number of aromatic carboxylic acids is 1. The Hall–Kier alpha value is -3.40. The number of para-hydroxylation sites is 2. The predicted molar refractivity (Wildman–Crippen MR) is 97.7 cm³/mol. The third kappa shape index (κ3) is 3.58. The maximum atomic E-state index is 12.8. The van der Waals surface area contributed by atoms with E-state index in [9.17, 15) is 14.7 Å². The molecule has 4 nitrogen and oxygen atoms in total. The Morgan fingerprint density at radius 3 is 1.88 bits per heavy atom. The van der Waals surface area contributed by atoms with Gasteiger partial charge in [0, 0.05) is 16.8 Å². The lowest BCUT2D eigenvalue weighted by molar-refractivity contribution is 0.0698. The summed E-state index contributed by atoms with van der Waals surface area (Å²) in [5.74, 6) is -1.14. The van der Waals surface area contributed by atoms with Gasteiger partial charge in [-0.1, -0.05) is 54.1 Å². The number of rotatable bonds is 5. The molecule has 0 aliphatic heterocycles. The van der Waals surface area contributed by atoms with Crippen LogP contribution in [0, 0.1) is 6.92 Å². The number of carboxylic acids is 1. The number of benzene rings is 3. The highest BCUT2D eigenvalue weighted by Gasteiger charge is 2.15. The fourth-order valence-corrected chi connectivity index (χ4v) is 2.57. The van der Waals surface area contributed by atoms with Crippen LogP contribution in [-0.2, 0) is 0 Å². The van der Waals surface area contributed by atoms with E-state index in [1.165, 1.54) is 6.07 Å². The number of aryl methyl sites for hydroxylation is 1. The van der Waals surface area contributed by atoms with Crippen molar-refractivity contribution < 1.29 is 14.7 Å². The van der Waals surface area contributed by atoms with E-state index in [1.54, 1.807) is 54.6 Å². The highest BCUT2D eigenvalue weighted by Crippen LogP contribution is 2.25. The second-order valence-corrected chi connectivity index (χ2v) is 5.72. The topological polar surface area (TPSA) is 66.4 Å². The summed E-state index contributed by atoms with van der Waals surface area (Å²) in [7, 11) is 0. The van der Waals surface area contributed by atoms with Crippen LogP contribution in [0.5, 0.6) is 0 Å². The lowest BCUT2D eigenvalue weighted by atomic mass is 10.0. The molecule has 3 rings (SSSR count). The summed E-state index contributed by atoms with van der Waals surface area (Å²) < 4.78 is 0. The molecule has 0 amide bonds. The normalized spacial score (nSPS) is 10.3. The maximum absolute atomic E-state index is 12.8. The molecular weight excluding hydrogens is 314 g/mol. The largest absolute Gasteiger partial charge is 0.478 e. The SMILES string of the molecule is Cc1ccc(C(=O)c2ccccc2Nc2ccccc2C(=O)O)cc1. The highest BCUT2D eigenvalue weighted by atomic mass is 16.4. The Kier molecular flexibility index (Phi) is 4.61. The summed E-state index contributed by atoms with van der Waals surface area (Å²) in [6.07, 6.45) is 0. The van der Waals surface area contributed by atoms with Crippen molar-refractivity contribution in [1.29, 1.82) is 0 Å². The third-order valence-electron chi connectivity index (χ3n) is 3.91. The second-order valence-electron chi connectivity index (χ2n) is 5.72. The summed E-state index contributed by atoms with van der Waals surface area (Å²) in [4.78, 5) is 24.2. The summed E-state index contributed by atoms with van der Waals surface area (Å²) in [6, 6.07) is 21.1. The standard InChI is InChI=1S/C21H17NO3/c1-14-10-12-15(13-11-14)20(23)16-6-2-4-8-18(16)22-19-9-5-3-7-17(19)21(24)25/h2-13,22H,1H3,(H,24,25). The average molecular weight is 331 g/mol. The number of hydrogen-bond donors (Lipinski definition) is 2. The first kappa shape index (κ1) is 16.5. The Morgan fingerprint density at radius 1 is 0.760 bits per heavy atom. The van der Waals surface area contributed by atoms with Gasteiger partial charge in [-0.2, -0.15) is 0 Å². The van der Waals surface area contributed by atoms with Crippen molar-refractivity contribution >= 4 is 23.1 Å². The van der Waals surface area contributed by atoms with Crippen LogP contribution in [0.15, 0.2) is 72.8 Å². The van der Waals surface area contributed by atoms with Gasteiger partial charge in [0.1, 0.15) is 0 Å². The van der Waals surface area contributed by atoms with Crippen molar-refractivity contribution in [3.8, 4) is 0 Å². The molecule has 0 saturated heterocycles. The lowest BCUT2D eigenvalue weighted by Gasteiger charge is -2.13. The zero-order valence-corrected chi connectivity index (χ0v) is 13.7. The first-order valence-electron chi connectivity index (χ1n) is 7.86. The van der Waals surface area contributed by atoms with Crippen molar-refractivity contribution in [2.24, 2.45) is 0 Å². The number of hydrogen-bond acceptors (Lipinski definition) is 3. The minimum atomic E-state index is -1.02. The molecule has 0 aromatic heterocycles. The van der Waals surface area contributed by atoms with Gasteiger partial charge in [0.2, 0.25) is 0 Å². The minimum absolute atomic E-state index is 0.115. The predicted octanol–water partition coefficient (Wildman–Crippen LogP) is 4.67. The van der Waals surface area contributed by atoms with Gasteiger partial charge in [0.15, 0.2) is 5.78 Å². The molecule has 3 aromatic rings. The van der Waals surface area contributed by atoms with E-state index in [2.05, 4.69) is 5.32 Å². The lowest BCUT2D eigenvalue weighted by Crippen LogP contribution is -2.07. The smallest absolute Gasteiger partial charge is 0.337 e. The van der Waals surface area contributed by atoms with Gasteiger partial charge >= 0.3 is 5.97 Å². The Morgan fingerprint density at radius 2 is 1.28 bits per heavy atom. The monoisotopic (exact) mass is 331 g/mol. The maximum Gasteiger partial charge on any atom is 0.337 e. The molecule has 0 fully saturated rings. The first-order chi connectivity index (χ1) is 12.1. The molecule has 0 radical (unpaired) electrons. The Labute approximate surface area is 145 Å². The van der Waals surface area contributed by atoms with Crippen LogP contribution in [-0.4, -0.2) is 16.9 Å². The molecule has 0 heterocycles. The summed E-state index contributed by atoms with van der Waals surface area (Å²) in [5, 5.41) is 12.4. The summed E-state index contributed by atoms with van der Waals surface area (Å²) in [6.45, 7) is 1.96. The minimum Gasteiger partial charge on any atom is -0.478 e. The molecule has 0 atom stereocenters. The van der Waals surface area contributed by atoms with Gasteiger partial charge in [-0.15, -0.1) is 0 Å². The number of anilines is 2. The number of carbonyl (C=O) groups excluding carboxylic acids is 1. The molecular formula is C21H17NO3. The van der Waals surface area contributed by atoms with Gasteiger partial charge in [0.25, 0.3) is 0 Å². The molecule has 0 aliphatic carbocycles. The molecule has 25 heavy (non-hydrogen) atoms. The van der Waals surface area contributed by atoms with Gasteiger partial charge in [-0.05, 0) is 31.2 Å². The van der Waals surface area contributed by atoms with Crippen LogP contribution in [0.4, 0.5) is 11.4 Å². The van der Waals surface area contributed by atoms with Crippen LogP contribution in [0.1, 0.15) is 31.8 Å². The second kappa shape index (κ2) is 7.01. The molecule has 0 unspecified atom stereocenters. The zero-order valence-electron chi connectivity index (χ0n) is 13.7. The molecule has 0 spiro atoms. The van der Waals surface area contributed by atoms with Crippen molar-refractivity contribution in [2.75, 3.05) is 5.32 Å². The van der Waals surface area contributed by atoms with Gasteiger partial charge < -0.3 is 10.4 Å². The molecule has 2 N–H and O–H groups in total. The van der Waals surface area contributed by atoms with E-state index in [4.69, 9.17) is 0 Å². The van der Waals surface area contributed by atoms with Crippen molar-refractivity contribution in [3.63, 3.8) is 0 Å². The number of nitrogens with one attached hydrogen (secondary N) is 1. The van der Waals surface area contributed by atoms with Gasteiger partial charge in [-0.25, -0.2) is 4.79 Å². The van der Waals surface area contributed by atoms with E-state index >= 15 is 0 Å².